The zero-order valence-electron chi connectivity index (χ0n) is 25.0. The predicted octanol–water partition coefficient (Wildman–Crippen LogP) is 2.75. The molecule has 0 amide bonds. The molecule has 12 heteroatoms. The summed E-state index contributed by atoms with van der Waals surface area (Å²) in [6.07, 6.45) is 4.74. The van der Waals surface area contributed by atoms with Crippen LogP contribution in [0, 0.1) is 5.92 Å². The van der Waals surface area contributed by atoms with Crippen LogP contribution in [0.15, 0.2) is 41.5 Å². The van der Waals surface area contributed by atoms with Crippen molar-refractivity contribution in [1.29, 1.82) is 0 Å². The Labute approximate surface area is 245 Å². The molecule has 12 nitrogen and oxygen atoms in total. The summed E-state index contributed by atoms with van der Waals surface area (Å²) < 4.78 is 16.1. The molecule has 0 unspecified atom stereocenters. The molecule has 42 heavy (non-hydrogen) atoms. The number of likely N-dealkylation sites (N-methyl/N-ethyl adjacent to an activating group) is 1. The summed E-state index contributed by atoms with van der Waals surface area (Å²) in [5.74, 6) is 0.812. The molecule has 4 aromatic rings. The van der Waals surface area contributed by atoms with Crippen molar-refractivity contribution in [2.75, 3.05) is 57.6 Å². The van der Waals surface area contributed by atoms with Crippen LogP contribution in [0.3, 0.4) is 0 Å². The number of hydrogen-bond acceptors (Lipinski definition) is 9. The fraction of sp³-hybridized carbons (Fsp3) is 0.467. The van der Waals surface area contributed by atoms with Crippen molar-refractivity contribution in [3.8, 4) is 17.0 Å². The van der Waals surface area contributed by atoms with Gasteiger partial charge in [0, 0.05) is 58.7 Å². The average molecular weight is 577 g/mol. The van der Waals surface area contributed by atoms with Crippen molar-refractivity contribution in [3.05, 3.63) is 52.6 Å². The quantitative estimate of drug-likeness (QED) is 0.224. The fourth-order valence-electron chi connectivity index (χ4n) is 5.50. The number of benzene rings is 1. The van der Waals surface area contributed by atoms with Crippen molar-refractivity contribution in [2.24, 2.45) is 20.0 Å². The summed E-state index contributed by atoms with van der Waals surface area (Å²) in [6, 6.07) is 7.94. The number of nitrogens with two attached hydrogens (primary N) is 1. The van der Waals surface area contributed by atoms with Crippen molar-refractivity contribution in [3.63, 3.8) is 0 Å². The zero-order chi connectivity index (χ0) is 30.0. The largest absolute Gasteiger partial charge is 0.477 e. The van der Waals surface area contributed by atoms with Gasteiger partial charge in [-0.2, -0.15) is 5.10 Å². The lowest BCUT2D eigenvalue weighted by molar-refractivity contribution is 0.0599. The number of anilines is 2. The molecule has 3 aromatic heterocycles. The minimum Gasteiger partial charge on any atom is -0.477 e. The number of fused-ring (bicyclic) bond motifs is 1. The van der Waals surface area contributed by atoms with E-state index < -0.39 is 5.97 Å². The van der Waals surface area contributed by atoms with Crippen molar-refractivity contribution in [1.82, 2.24) is 28.8 Å². The van der Waals surface area contributed by atoms with E-state index in [4.69, 9.17) is 15.2 Å². The van der Waals surface area contributed by atoms with E-state index in [9.17, 15) is 9.59 Å². The van der Waals surface area contributed by atoms with Gasteiger partial charge in [0.05, 0.1) is 47.6 Å². The second kappa shape index (κ2) is 12.3. The van der Waals surface area contributed by atoms with E-state index in [2.05, 4.69) is 56.6 Å². The molecule has 1 fully saturated rings. The van der Waals surface area contributed by atoms with Crippen LogP contribution in [0.25, 0.3) is 22.2 Å². The molecular weight excluding hydrogens is 536 g/mol. The number of methoxy groups -OCH3 is 1. The number of piperazine rings is 1. The van der Waals surface area contributed by atoms with E-state index in [0.29, 0.717) is 35.5 Å². The first-order valence-corrected chi connectivity index (χ1v) is 14.3. The lowest BCUT2D eigenvalue weighted by Crippen LogP contribution is -2.44. The Bertz CT molecular complexity index is 1630. The number of imidazole rings is 1. The number of carbonyl (C=O) groups excluding carboxylic acids is 1. The number of rotatable bonds is 10. The highest BCUT2D eigenvalue weighted by molar-refractivity contribution is 5.90. The number of pyridine rings is 1. The number of carbonyl (C=O) groups is 1. The molecule has 2 N–H and O–H groups in total. The van der Waals surface area contributed by atoms with Gasteiger partial charge in [-0.25, -0.2) is 14.5 Å². The van der Waals surface area contributed by atoms with E-state index in [0.717, 1.165) is 56.6 Å². The molecule has 1 aromatic carbocycles. The smallest absolute Gasteiger partial charge is 0.339 e. The first kappa shape index (κ1) is 29.2. The second-order valence-electron chi connectivity index (χ2n) is 11.2. The summed E-state index contributed by atoms with van der Waals surface area (Å²) in [6.45, 7) is 7.51. The normalized spacial score (nSPS) is 14.8. The van der Waals surface area contributed by atoms with Crippen LogP contribution in [0.1, 0.15) is 30.1 Å². The second-order valence-corrected chi connectivity index (χ2v) is 11.2. The SMILES string of the molecule is COC(=O)c1cc(-c2cnn(C)c2OCCC[C@@H](C)Cn2c(N)nc3ccc(N4CCN(C)CC4)cc32)c(=O)n(C)c1. The summed E-state index contributed by atoms with van der Waals surface area (Å²) >= 11 is 0. The molecular formula is C30H40N8O4. The monoisotopic (exact) mass is 576 g/mol. The van der Waals surface area contributed by atoms with E-state index >= 15 is 0 Å². The summed E-state index contributed by atoms with van der Waals surface area (Å²) in [5, 5.41) is 4.30. The molecule has 0 bridgehead atoms. The number of aryl methyl sites for hydroxylation is 2. The highest BCUT2D eigenvalue weighted by Gasteiger charge is 2.20. The van der Waals surface area contributed by atoms with Gasteiger partial charge in [0.25, 0.3) is 5.56 Å². The molecule has 0 radical (unpaired) electrons. The van der Waals surface area contributed by atoms with Crippen molar-refractivity contribution >= 4 is 28.6 Å². The molecule has 0 aliphatic carbocycles. The number of aromatic nitrogens is 5. The third kappa shape index (κ3) is 5.98. The molecule has 1 atom stereocenters. The molecule has 224 valence electrons. The summed E-state index contributed by atoms with van der Waals surface area (Å²) in [7, 11) is 6.83. The Hall–Kier alpha value is -4.32. The van der Waals surface area contributed by atoms with Gasteiger partial charge in [-0.05, 0) is 50.1 Å². The Morgan fingerprint density at radius 2 is 1.86 bits per heavy atom. The van der Waals surface area contributed by atoms with Gasteiger partial charge in [-0.1, -0.05) is 6.92 Å². The van der Waals surface area contributed by atoms with Gasteiger partial charge in [0.2, 0.25) is 11.8 Å². The average Bonchev–Trinajstić information content (AvgIpc) is 3.50. The van der Waals surface area contributed by atoms with Gasteiger partial charge >= 0.3 is 5.97 Å². The zero-order valence-corrected chi connectivity index (χ0v) is 25.0. The van der Waals surface area contributed by atoms with E-state index in [1.54, 1.807) is 25.0 Å². The maximum absolute atomic E-state index is 12.9. The molecule has 1 aliphatic rings. The third-order valence-electron chi connectivity index (χ3n) is 7.98. The third-order valence-corrected chi connectivity index (χ3v) is 7.98. The number of ether oxygens (including phenoxy) is 2. The Balaban J connectivity index is 1.23. The molecule has 0 saturated carbocycles. The molecule has 1 aliphatic heterocycles. The van der Waals surface area contributed by atoms with Gasteiger partial charge in [-0.15, -0.1) is 0 Å². The maximum Gasteiger partial charge on any atom is 0.339 e. The lowest BCUT2D eigenvalue weighted by Gasteiger charge is -2.34. The van der Waals surface area contributed by atoms with E-state index in [1.807, 2.05) is 0 Å². The van der Waals surface area contributed by atoms with Crippen molar-refractivity contribution in [2.45, 2.75) is 26.3 Å². The van der Waals surface area contributed by atoms with E-state index in [-0.39, 0.29) is 11.1 Å². The Morgan fingerprint density at radius 1 is 1.10 bits per heavy atom. The van der Waals surface area contributed by atoms with Gasteiger partial charge < -0.3 is 34.1 Å². The topological polar surface area (TPSA) is 126 Å². The molecule has 5 rings (SSSR count). The van der Waals surface area contributed by atoms with Crippen LogP contribution in [-0.2, 0) is 25.4 Å². The summed E-state index contributed by atoms with van der Waals surface area (Å²) in [4.78, 5) is 34.4. The fourth-order valence-corrected chi connectivity index (χ4v) is 5.50. The number of esters is 1. The summed E-state index contributed by atoms with van der Waals surface area (Å²) in [5.41, 5.74) is 10.4. The lowest BCUT2D eigenvalue weighted by atomic mass is 10.1. The number of nitrogen functional groups attached to an aromatic ring is 1. The molecule has 0 spiro atoms. The highest BCUT2D eigenvalue weighted by atomic mass is 16.5. The first-order chi connectivity index (χ1) is 20.2. The van der Waals surface area contributed by atoms with Crippen LogP contribution >= 0.6 is 0 Å². The maximum atomic E-state index is 12.9. The van der Waals surface area contributed by atoms with Crippen LogP contribution in [-0.4, -0.2) is 81.7 Å². The van der Waals surface area contributed by atoms with Crippen LogP contribution in [0.5, 0.6) is 5.88 Å². The predicted molar refractivity (Wildman–Crippen MR) is 163 cm³/mol. The molecule has 4 heterocycles. The Morgan fingerprint density at radius 3 is 2.60 bits per heavy atom. The number of hydrogen-bond donors (Lipinski definition) is 1. The number of nitrogens with zero attached hydrogens (tertiary/aromatic N) is 7. The first-order valence-electron chi connectivity index (χ1n) is 14.3. The van der Waals surface area contributed by atoms with E-state index in [1.165, 1.54) is 29.6 Å². The van der Waals surface area contributed by atoms with Crippen LogP contribution < -0.4 is 20.9 Å². The van der Waals surface area contributed by atoms with Crippen molar-refractivity contribution < 1.29 is 14.3 Å². The van der Waals surface area contributed by atoms with Crippen LogP contribution in [0.4, 0.5) is 11.6 Å². The highest BCUT2D eigenvalue weighted by Crippen LogP contribution is 2.29. The minimum atomic E-state index is -0.519. The van der Waals surface area contributed by atoms with Gasteiger partial charge in [0.15, 0.2) is 0 Å². The van der Waals surface area contributed by atoms with Gasteiger partial charge in [-0.3, -0.25) is 4.79 Å². The molecule has 1 saturated heterocycles. The Kier molecular flexibility index (Phi) is 8.53. The minimum absolute atomic E-state index is 0.255. The van der Waals surface area contributed by atoms with Crippen LogP contribution in [0.2, 0.25) is 0 Å². The van der Waals surface area contributed by atoms with Gasteiger partial charge in [0.1, 0.15) is 0 Å². The standard InChI is InChI=1S/C30H40N8O4/c1-20(18-38-26-16-22(8-9-25(26)33-30(38)31)37-12-10-34(2)11-13-37)7-6-14-42-28-24(17-32-36(28)4)23-15-21(29(40)41-5)19-35(3)27(23)39/h8-9,15-17,19-20H,6-7,10-14,18H2,1-5H3,(H2,31,33)/t20-/m1/s1.